The van der Waals surface area contributed by atoms with E-state index >= 15 is 0 Å². The van der Waals surface area contributed by atoms with Crippen LogP contribution in [0.15, 0.2) is 48.8 Å². The van der Waals surface area contributed by atoms with Crippen LogP contribution in [0, 0.1) is 0 Å². The Morgan fingerprint density at radius 1 is 0.800 bits per heavy atom. The fraction of sp³-hybridized carbons (Fsp3) is 0.259. The van der Waals surface area contributed by atoms with Crippen molar-refractivity contribution in [3.05, 3.63) is 84.2 Å². The van der Waals surface area contributed by atoms with Crippen LogP contribution in [0.5, 0.6) is 0 Å². The highest BCUT2D eigenvalue weighted by molar-refractivity contribution is 7.14. The number of halogens is 2. The maximum absolute atomic E-state index is 12.9. The van der Waals surface area contributed by atoms with Crippen molar-refractivity contribution in [3.8, 4) is 11.1 Å². The molecule has 4 aromatic rings. The number of hydrogen-bond acceptors (Lipinski definition) is 10. The van der Waals surface area contributed by atoms with Crippen LogP contribution in [0.4, 0.5) is 5.69 Å². The van der Waals surface area contributed by atoms with E-state index in [1.54, 1.807) is 42.7 Å². The molecule has 2 heterocycles. The van der Waals surface area contributed by atoms with Crippen LogP contribution in [0.3, 0.4) is 0 Å². The normalized spacial score (nSPS) is 11.1. The summed E-state index contributed by atoms with van der Waals surface area (Å²) in [4.78, 5) is 36.0. The van der Waals surface area contributed by atoms with Gasteiger partial charge in [-0.2, -0.15) is 0 Å². The number of rotatable bonds is 14. The van der Waals surface area contributed by atoms with Crippen molar-refractivity contribution >= 4 is 63.3 Å². The quantitative estimate of drug-likeness (QED) is 0.103. The van der Waals surface area contributed by atoms with Gasteiger partial charge in [0.25, 0.3) is 5.91 Å². The Labute approximate surface area is 249 Å². The molecule has 0 radical (unpaired) electrons. The topological polar surface area (TPSA) is 136 Å². The Hall–Kier alpha value is -2.74. The summed E-state index contributed by atoms with van der Waals surface area (Å²) in [6, 6.07) is 10.7. The fourth-order valence-corrected chi connectivity index (χ4v) is 5.95. The second-order valence-corrected chi connectivity index (χ2v) is 11.6. The number of benzene rings is 2. The largest absolute Gasteiger partial charge is 0.395 e. The molecule has 0 atom stereocenters. The van der Waals surface area contributed by atoms with E-state index in [-0.39, 0.29) is 30.4 Å². The molecule has 4 rings (SSSR count). The molecule has 0 aliphatic rings. The van der Waals surface area contributed by atoms with Crippen molar-refractivity contribution in [3.63, 3.8) is 0 Å². The van der Waals surface area contributed by atoms with Crippen LogP contribution >= 0.6 is 45.9 Å². The van der Waals surface area contributed by atoms with E-state index in [0.29, 0.717) is 63.6 Å². The van der Waals surface area contributed by atoms with E-state index in [9.17, 15) is 9.59 Å². The van der Waals surface area contributed by atoms with Crippen molar-refractivity contribution in [2.24, 2.45) is 0 Å². The van der Waals surface area contributed by atoms with Crippen molar-refractivity contribution < 1.29 is 19.8 Å². The maximum atomic E-state index is 12.9. The molecule has 0 unspecified atom stereocenters. The monoisotopic (exact) mass is 619 g/mol. The highest BCUT2D eigenvalue weighted by Crippen LogP contribution is 2.39. The molecule has 2 aromatic carbocycles. The minimum atomic E-state index is -0.391. The predicted octanol–water partition coefficient (Wildman–Crippen LogP) is 4.41. The van der Waals surface area contributed by atoms with Gasteiger partial charge in [-0.05, 0) is 11.6 Å². The molecule has 0 fully saturated rings. The van der Waals surface area contributed by atoms with Gasteiger partial charge in [-0.15, -0.1) is 22.7 Å². The number of aliphatic hydroxyl groups excluding tert-OH is 2. The minimum absolute atomic E-state index is 0.0293. The van der Waals surface area contributed by atoms with Crippen molar-refractivity contribution in [2.45, 2.75) is 19.5 Å². The van der Waals surface area contributed by atoms with Crippen LogP contribution in [0.1, 0.15) is 34.9 Å². The summed E-state index contributed by atoms with van der Waals surface area (Å²) in [6.07, 6.45) is 3.34. The molecule has 9 nitrogen and oxygen atoms in total. The number of nitrogens with one attached hydrogen (secondary N) is 3. The van der Waals surface area contributed by atoms with Crippen LogP contribution in [0.2, 0.25) is 10.0 Å². The summed E-state index contributed by atoms with van der Waals surface area (Å²) in [5, 5.41) is 28.1. The van der Waals surface area contributed by atoms with Crippen LogP contribution < -0.4 is 16.0 Å². The highest BCUT2D eigenvalue weighted by atomic mass is 35.5. The van der Waals surface area contributed by atoms with Gasteiger partial charge >= 0.3 is 0 Å². The number of thiazole rings is 2. The standard InChI is InChI=1S/C27H27Cl2N5O4S2/c28-23-16(11-22(37)26-32-14-17(39-26)12-30-7-9-35)3-1-4-19(23)20-5-2-6-21(24(20)29)34-25(38)27-33-15-18(40-27)13-31-8-10-36/h1-6,14-15,30-31,35-36H,7-13H2,(H,34,38). The van der Waals surface area contributed by atoms with Gasteiger partial charge in [-0.1, -0.05) is 53.5 Å². The SMILES string of the molecule is O=C(Cc1cccc(-c2cccc(NC(=O)c3ncc(CNCCO)s3)c2Cl)c1Cl)c1ncc(CNCCO)s1. The van der Waals surface area contributed by atoms with Gasteiger partial charge in [0.05, 0.1) is 28.9 Å². The zero-order chi connectivity index (χ0) is 28.5. The lowest BCUT2D eigenvalue weighted by Crippen LogP contribution is -2.16. The lowest BCUT2D eigenvalue weighted by Gasteiger charge is -2.13. The molecular formula is C27H27Cl2N5O4S2. The van der Waals surface area contributed by atoms with E-state index < -0.39 is 5.91 Å². The minimum Gasteiger partial charge on any atom is -0.395 e. The summed E-state index contributed by atoms with van der Waals surface area (Å²) in [5.41, 5.74) is 2.28. The molecule has 0 saturated heterocycles. The van der Waals surface area contributed by atoms with Crippen LogP contribution in [-0.4, -0.2) is 58.2 Å². The second-order valence-electron chi connectivity index (χ2n) is 8.56. The molecule has 13 heteroatoms. The molecular weight excluding hydrogens is 593 g/mol. The summed E-state index contributed by atoms with van der Waals surface area (Å²) in [7, 11) is 0. The Kier molecular flexibility index (Phi) is 11.2. The number of anilines is 1. The fourth-order valence-electron chi connectivity index (χ4n) is 3.78. The zero-order valence-corrected chi connectivity index (χ0v) is 24.4. The lowest BCUT2D eigenvalue weighted by atomic mass is 9.99. The van der Waals surface area contributed by atoms with E-state index in [2.05, 4.69) is 25.9 Å². The Morgan fingerprint density at radius 2 is 1.38 bits per heavy atom. The van der Waals surface area contributed by atoms with Gasteiger partial charge in [0.15, 0.2) is 15.8 Å². The molecule has 0 bridgehead atoms. The Morgan fingerprint density at radius 3 is 2.02 bits per heavy atom. The third-order valence-electron chi connectivity index (χ3n) is 5.68. The Bertz CT molecular complexity index is 1370. The van der Waals surface area contributed by atoms with Crippen LogP contribution in [0.25, 0.3) is 11.1 Å². The van der Waals surface area contributed by atoms with Gasteiger partial charge in [-0.3, -0.25) is 9.59 Å². The number of aromatic nitrogens is 2. The number of ketones is 1. The van der Waals surface area contributed by atoms with Gasteiger partial charge < -0.3 is 26.2 Å². The third-order valence-corrected chi connectivity index (χ3v) is 8.57. The first-order valence-corrected chi connectivity index (χ1v) is 14.7. The number of nitrogens with zero attached hydrogens (tertiary/aromatic N) is 2. The number of Topliss-reactive ketones (excluding diaryl/α,β-unsaturated/α-hetero) is 1. The van der Waals surface area contributed by atoms with Gasteiger partial charge in [0.2, 0.25) is 0 Å². The Balaban J connectivity index is 1.48. The van der Waals surface area contributed by atoms with E-state index in [4.69, 9.17) is 33.4 Å². The first-order chi connectivity index (χ1) is 19.4. The molecule has 0 saturated carbocycles. The van der Waals surface area contributed by atoms with E-state index in [1.165, 1.54) is 22.7 Å². The smallest absolute Gasteiger partial charge is 0.284 e. The zero-order valence-electron chi connectivity index (χ0n) is 21.2. The van der Waals surface area contributed by atoms with Gasteiger partial charge in [-0.25, -0.2) is 9.97 Å². The third kappa shape index (κ3) is 7.71. The van der Waals surface area contributed by atoms with Gasteiger partial charge in [0, 0.05) is 65.9 Å². The summed E-state index contributed by atoms with van der Waals surface area (Å²) >= 11 is 16.0. The molecule has 0 aliphatic heterocycles. The number of hydrogen-bond donors (Lipinski definition) is 5. The number of carbonyl (C=O) groups excluding carboxylic acids is 2. The first-order valence-electron chi connectivity index (χ1n) is 12.3. The number of amides is 1. The molecule has 0 spiro atoms. The number of aliphatic hydroxyl groups is 2. The highest BCUT2D eigenvalue weighted by Gasteiger charge is 2.19. The molecule has 40 heavy (non-hydrogen) atoms. The summed E-state index contributed by atoms with van der Waals surface area (Å²) in [5.74, 6) is -0.545. The second kappa shape index (κ2) is 14.8. The molecule has 0 aliphatic carbocycles. The predicted molar refractivity (Wildman–Crippen MR) is 160 cm³/mol. The molecule has 210 valence electrons. The maximum Gasteiger partial charge on any atom is 0.284 e. The lowest BCUT2D eigenvalue weighted by molar-refractivity contribution is 0.0990. The number of carbonyl (C=O) groups is 2. The van der Waals surface area contributed by atoms with Crippen LogP contribution in [-0.2, 0) is 19.5 Å². The average molecular weight is 621 g/mol. The average Bonchev–Trinajstić information content (AvgIpc) is 3.62. The summed E-state index contributed by atoms with van der Waals surface area (Å²) in [6.45, 7) is 2.02. The van der Waals surface area contributed by atoms with Gasteiger partial charge in [0.1, 0.15) is 0 Å². The molecule has 1 amide bonds. The van der Waals surface area contributed by atoms with Crippen molar-refractivity contribution in [2.75, 3.05) is 31.6 Å². The van der Waals surface area contributed by atoms with Crippen molar-refractivity contribution in [1.29, 1.82) is 0 Å². The molecule has 5 N–H and O–H groups in total. The van der Waals surface area contributed by atoms with E-state index in [1.807, 2.05) is 6.07 Å². The molecule has 2 aromatic heterocycles. The summed E-state index contributed by atoms with van der Waals surface area (Å²) < 4.78 is 0. The van der Waals surface area contributed by atoms with Crippen molar-refractivity contribution in [1.82, 2.24) is 20.6 Å². The van der Waals surface area contributed by atoms with E-state index in [0.717, 1.165) is 9.75 Å². The first kappa shape index (κ1) is 30.2.